The zero-order valence-corrected chi connectivity index (χ0v) is 15.9. The predicted octanol–water partition coefficient (Wildman–Crippen LogP) is 2.98. The molecule has 0 spiro atoms. The van der Waals surface area contributed by atoms with E-state index in [-0.39, 0.29) is 11.4 Å². The Morgan fingerprint density at radius 3 is 2.21 bits per heavy atom. The SMILES string of the molecule is COc1ccc2c(ccn2S(=O)(=O)c2ccccc2)c1CN.O=C(O)C(F)(F)F. The number of benzene rings is 2. The van der Waals surface area contributed by atoms with Gasteiger partial charge in [-0.05, 0) is 30.3 Å². The molecule has 0 aliphatic rings. The summed E-state index contributed by atoms with van der Waals surface area (Å²) < 4.78 is 63.8. The van der Waals surface area contributed by atoms with Crippen LogP contribution in [0.25, 0.3) is 10.9 Å². The average Bonchev–Trinajstić information content (AvgIpc) is 3.12. The van der Waals surface area contributed by atoms with E-state index in [0.717, 1.165) is 10.9 Å². The zero-order chi connectivity index (χ0) is 21.8. The molecule has 11 heteroatoms. The zero-order valence-electron chi connectivity index (χ0n) is 15.1. The molecule has 3 N–H and O–H groups in total. The second-order valence-electron chi connectivity index (χ2n) is 5.62. The van der Waals surface area contributed by atoms with Crippen molar-refractivity contribution in [1.82, 2.24) is 3.97 Å². The first-order chi connectivity index (χ1) is 13.5. The smallest absolute Gasteiger partial charge is 0.490 e. The van der Waals surface area contributed by atoms with Crippen LogP contribution in [0.1, 0.15) is 5.56 Å². The van der Waals surface area contributed by atoms with Crippen LogP contribution in [0.5, 0.6) is 5.75 Å². The fraction of sp³-hybridized carbons (Fsp3) is 0.167. The highest BCUT2D eigenvalue weighted by atomic mass is 32.2. The lowest BCUT2D eigenvalue weighted by atomic mass is 10.1. The van der Waals surface area contributed by atoms with E-state index in [1.807, 2.05) is 0 Å². The standard InChI is InChI=1S/C16H16N2O3S.C2HF3O2/c1-21-16-8-7-15-13(14(16)11-17)9-10-18(15)22(19,20)12-5-3-2-4-6-12;3-2(4,5)1(6)7/h2-10H,11,17H2,1H3;(H,6,7). The van der Waals surface area contributed by atoms with Crippen LogP contribution in [0.2, 0.25) is 0 Å². The molecule has 0 radical (unpaired) electrons. The summed E-state index contributed by atoms with van der Waals surface area (Å²) in [6, 6.07) is 13.6. The van der Waals surface area contributed by atoms with Gasteiger partial charge in [0, 0.05) is 23.7 Å². The number of rotatable bonds is 4. The summed E-state index contributed by atoms with van der Waals surface area (Å²) in [5.41, 5.74) is 7.16. The minimum Gasteiger partial charge on any atom is -0.496 e. The van der Waals surface area contributed by atoms with Crippen LogP contribution < -0.4 is 10.5 Å². The second kappa shape index (κ2) is 8.53. The minimum atomic E-state index is -5.08. The van der Waals surface area contributed by atoms with Crippen molar-refractivity contribution in [3.63, 3.8) is 0 Å². The van der Waals surface area contributed by atoms with Crippen LogP contribution in [0.3, 0.4) is 0 Å². The van der Waals surface area contributed by atoms with Gasteiger partial charge in [-0.3, -0.25) is 0 Å². The Labute approximate surface area is 164 Å². The van der Waals surface area contributed by atoms with Crippen LogP contribution in [0.4, 0.5) is 13.2 Å². The average molecular weight is 430 g/mol. The van der Waals surface area contributed by atoms with Gasteiger partial charge < -0.3 is 15.6 Å². The minimum absolute atomic E-state index is 0.248. The molecule has 0 unspecified atom stereocenters. The maximum atomic E-state index is 12.8. The number of hydrogen-bond donors (Lipinski definition) is 2. The molecule has 0 aliphatic heterocycles. The highest BCUT2D eigenvalue weighted by molar-refractivity contribution is 7.90. The van der Waals surface area contributed by atoms with Crippen molar-refractivity contribution in [2.75, 3.05) is 7.11 Å². The summed E-state index contributed by atoms with van der Waals surface area (Å²) in [4.78, 5) is 9.14. The van der Waals surface area contributed by atoms with Crippen LogP contribution in [0.15, 0.2) is 59.6 Å². The first-order valence-corrected chi connectivity index (χ1v) is 9.45. The molecule has 0 saturated carbocycles. The van der Waals surface area contributed by atoms with E-state index in [1.165, 1.54) is 3.97 Å². The molecule has 0 atom stereocenters. The number of nitrogens with two attached hydrogens (primary N) is 1. The van der Waals surface area contributed by atoms with Crippen molar-refractivity contribution in [3.8, 4) is 5.75 Å². The normalized spacial score (nSPS) is 11.6. The number of carboxylic acids is 1. The maximum absolute atomic E-state index is 12.8. The van der Waals surface area contributed by atoms with Gasteiger partial charge in [0.15, 0.2) is 0 Å². The van der Waals surface area contributed by atoms with Crippen LogP contribution in [-0.2, 0) is 21.4 Å². The van der Waals surface area contributed by atoms with E-state index in [1.54, 1.807) is 61.8 Å². The third kappa shape index (κ3) is 4.69. The van der Waals surface area contributed by atoms with Crippen molar-refractivity contribution < 1.29 is 36.2 Å². The summed E-state index contributed by atoms with van der Waals surface area (Å²) >= 11 is 0. The summed E-state index contributed by atoms with van der Waals surface area (Å²) in [5.74, 6) is -2.10. The van der Waals surface area contributed by atoms with E-state index < -0.39 is 22.2 Å². The number of aliphatic carboxylic acids is 1. The number of alkyl halides is 3. The molecule has 3 rings (SSSR count). The quantitative estimate of drug-likeness (QED) is 0.658. The number of fused-ring (bicyclic) bond motifs is 1. The van der Waals surface area contributed by atoms with Gasteiger partial charge in [-0.1, -0.05) is 18.2 Å². The molecule has 0 bridgehead atoms. The Balaban J connectivity index is 0.000000370. The number of ether oxygens (including phenoxy) is 1. The van der Waals surface area contributed by atoms with E-state index in [9.17, 15) is 21.6 Å². The maximum Gasteiger partial charge on any atom is 0.490 e. The van der Waals surface area contributed by atoms with Crippen molar-refractivity contribution >= 4 is 26.9 Å². The number of hydrogen-bond acceptors (Lipinski definition) is 5. The van der Waals surface area contributed by atoms with Gasteiger partial charge in [0.25, 0.3) is 10.0 Å². The first-order valence-electron chi connectivity index (χ1n) is 8.01. The van der Waals surface area contributed by atoms with Crippen LogP contribution in [-0.4, -0.2) is 36.8 Å². The van der Waals surface area contributed by atoms with E-state index in [0.29, 0.717) is 11.3 Å². The fourth-order valence-electron chi connectivity index (χ4n) is 2.55. The third-order valence-corrected chi connectivity index (χ3v) is 5.58. The largest absolute Gasteiger partial charge is 0.496 e. The van der Waals surface area contributed by atoms with E-state index >= 15 is 0 Å². The molecule has 3 aromatic rings. The first kappa shape index (κ1) is 22.2. The molecule has 0 fully saturated rings. The topological polar surface area (TPSA) is 112 Å². The number of methoxy groups -OCH3 is 1. The lowest BCUT2D eigenvalue weighted by molar-refractivity contribution is -0.192. The van der Waals surface area contributed by atoms with Crippen LogP contribution in [0, 0.1) is 0 Å². The third-order valence-electron chi connectivity index (χ3n) is 3.87. The van der Waals surface area contributed by atoms with Gasteiger partial charge in [-0.2, -0.15) is 13.2 Å². The van der Waals surface area contributed by atoms with Gasteiger partial charge in [0.2, 0.25) is 0 Å². The molecular formula is C18H17F3N2O5S. The van der Waals surface area contributed by atoms with Gasteiger partial charge in [0.1, 0.15) is 5.75 Å². The van der Waals surface area contributed by atoms with E-state index in [2.05, 4.69) is 0 Å². The predicted molar refractivity (Wildman–Crippen MR) is 99.1 cm³/mol. The summed E-state index contributed by atoms with van der Waals surface area (Å²) in [6.45, 7) is 0.274. The number of halogens is 3. The van der Waals surface area contributed by atoms with Crippen LogP contribution >= 0.6 is 0 Å². The second-order valence-corrected chi connectivity index (χ2v) is 7.43. The van der Waals surface area contributed by atoms with E-state index in [4.69, 9.17) is 20.4 Å². The Bertz CT molecular complexity index is 1110. The van der Waals surface area contributed by atoms with Gasteiger partial charge in [0.05, 0.1) is 17.5 Å². The molecule has 1 aromatic heterocycles. The van der Waals surface area contributed by atoms with Crippen molar-refractivity contribution in [3.05, 3.63) is 60.3 Å². The Hall–Kier alpha value is -3.05. The monoisotopic (exact) mass is 430 g/mol. The Morgan fingerprint density at radius 1 is 1.14 bits per heavy atom. The molecule has 0 aliphatic carbocycles. The van der Waals surface area contributed by atoms with Crippen molar-refractivity contribution in [1.29, 1.82) is 0 Å². The van der Waals surface area contributed by atoms with Gasteiger partial charge in [-0.25, -0.2) is 17.2 Å². The molecule has 156 valence electrons. The molecule has 0 amide bonds. The lowest BCUT2D eigenvalue weighted by Crippen LogP contribution is -2.21. The molecule has 1 heterocycles. The highest BCUT2D eigenvalue weighted by Gasteiger charge is 2.38. The Kier molecular flexibility index (Phi) is 6.55. The van der Waals surface area contributed by atoms with Crippen molar-refractivity contribution in [2.45, 2.75) is 17.6 Å². The van der Waals surface area contributed by atoms with Gasteiger partial charge in [-0.15, -0.1) is 0 Å². The molecular weight excluding hydrogens is 413 g/mol. The Morgan fingerprint density at radius 2 is 1.72 bits per heavy atom. The fourth-order valence-corrected chi connectivity index (χ4v) is 3.92. The molecule has 7 nitrogen and oxygen atoms in total. The molecule has 0 saturated heterocycles. The van der Waals surface area contributed by atoms with Crippen molar-refractivity contribution in [2.24, 2.45) is 5.73 Å². The van der Waals surface area contributed by atoms with Gasteiger partial charge >= 0.3 is 12.1 Å². The number of nitrogens with zero attached hydrogens (tertiary/aromatic N) is 1. The summed E-state index contributed by atoms with van der Waals surface area (Å²) in [5, 5.41) is 7.90. The molecule has 29 heavy (non-hydrogen) atoms. The highest BCUT2D eigenvalue weighted by Crippen LogP contribution is 2.30. The molecule has 2 aromatic carbocycles. The summed E-state index contributed by atoms with van der Waals surface area (Å²) in [7, 11) is -2.06. The lowest BCUT2D eigenvalue weighted by Gasteiger charge is -2.10. The number of carboxylic acid groups (broad SMARTS) is 1. The number of aromatic nitrogens is 1. The number of carbonyl (C=O) groups is 1. The summed E-state index contributed by atoms with van der Waals surface area (Å²) in [6.07, 6.45) is -3.54.